The van der Waals surface area contributed by atoms with Crippen molar-refractivity contribution < 1.29 is 9.47 Å². The van der Waals surface area contributed by atoms with Crippen molar-refractivity contribution in [3.8, 4) is 11.5 Å². The Labute approximate surface area is 123 Å². The number of thiophene rings is 1. The zero-order chi connectivity index (χ0) is 14.4. The first-order valence-corrected chi connectivity index (χ1v) is 7.50. The highest BCUT2D eigenvalue weighted by atomic mass is 32.1. The third kappa shape index (κ3) is 3.29. The second kappa shape index (κ2) is 7.26. The molecule has 5 heteroatoms. The molecule has 0 bridgehead atoms. The Morgan fingerprint density at radius 1 is 1.30 bits per heavy atom. The van der Waals surface area contributed by atoms with Gasteiger partial charge in [0.1, 0.15) is 0 Å². The minimum Gasteiger partial charge on any atom is -0.493 e. The van der Waals surface area contributed by atoms with Crippen molar-refractivity contribution in [1.29, 1.82) is 0 Å². The van der Waals surface area contributed by atoms with E-state index in [0.29, 0.717) is 24.1 Å². The minimum absolute atomic E-state index is 0.340. The molecule has 2 aromatic rings. The molecule has 1 N–H and O–H groups in total. The first-order valence-electron chi connectivity index (χ1n) is 6.62. The number of rotatable bonds is 7. The van der Waals surface area contributed by atoms with Crippen LogP contribution in [0.25, 0.3) is 0 Å². The summed E-state index contributed by atoms with van der Waals surface area (Å²) < 4.78 is 10.7. The van der Waals surface area contributed by atoms with E-state index in [-0.39, 0.29) is 0 Å². The Balaban J connectivity index is 2.10. The molecule has 0 aliphatic heterocycles. The lowest BCUT2D eigenvalue weighted by Gasteiger charge is -2.17. The fourth-order valence-electron chi connectivity index (χ4n) is 2.13. The quantitative estimate of drug-likeness (QED) is 0.849. The average Bonchev–Trinajstić information content (AvgIpc) is 3.01. The summed E-state index contributed by atoms with van der Waals surface area (Å²) in [7, 11) is 3.27. The smallest absolute Gasteiger partial charge is 0.183 e. The van der Waals surface area contributed by atoms with Crippen LogP contribution in [0.2, 0.25) is 0 Å². The van der Waals surface area contributed by atoms with E-state index in [4.69, 9.17) is 9.47 Å². The van der Waals surface area contributed by atoms with Crippen LogP contribution < -0.4 is 14.8 Å². The van der Waals surface area contributed by atoms with Crippen LogP contribution in [0.3, 0.4) is 0 Å². The van der Waals surface area contributed by atoms with Gasteiger partial charge in [-0.05, 0) is 17.9 Å². The van der Waals surface area contributed by atoms with E-state index in [0.717, 1.165) is 12.1 Å². The van der Waals surface area contributed by atoms with Crippen molar-refractivity contribution in [2.75, 3.05) is 14.2 Å². The molecule has 0 fully saturated rings. The van der Waals surface area contributed by atoms with Crippen molar-refractivity contribution in [2.24, 2.45) is 0 Å². The van der Waals surface area contributed by atoms with Gasteiger partial charge in [-0.15, -0.1) is 11.3 Å². The molecule has 1 unspecified atom stereocenters. The van der Waals surface area contributed by atoms with Gasteiger partial charge in [0.25, 0.3) is 0 Å². The van der Waals surface area contributed by atoms with Crippen molar-refractivity contribution >= 4 is 11.3 Å². The fourth-order valence-corrected chi connectivity index (χ4v) is 3.02. The zero-order valence-electron chi connectivity index (χ0n) is 12.1. The molecule has 0 aliphatic carbocycles. The highest BCUT2D eigenvalue weighted by Gasteiger charge is 2.14. The number of hydrogen-bond donors (Lipinski definition) is 1. The summed E-state index contributed by atoms with van der Waals surface area (Å²) in [6.07, 6.45) is 2.78. The lowest BCUT2D eigenvalue weighted by Crippen LogP contribution is -2.20. The summed E-state index contributed by atoms with van der Waals surface area (Å²) in [5.41, 5.74) is 0.863. The molecular weight excluding hydrogens is 272 g/mol. The van der Waals surface area contributed by atoms with Gasteiger partial charge in [0.2, 0.25) is 0 Å². The second-order valence-corrected chi connectivity index (χ2v) is 5.33. The van der Waals surface area contributed by atoms with E-state index in [2.05, 4.69) is 34.7 Å². The Hall–Kier alpha value is -1.59. The largest absolute Gasteiger partial charge is 0.493 e. The van der Waals surface area contributed by atoms with Gasteiger partial charge in [0.15, 0.2) is 11.5 Å². The van der Waals surface area contributed by atoms with E-state index in [1.807, 2.05) is 0 Å². The van der Waals surface area contributed by atoms with Crippen LogP contribution in [0.1, 0.15) is 30.0 Å². The highest BCUT2D eigenvalue weighted by Crippen LogP contribution is 2.29. The highest BCUT2D eigenvalue weighted by molar-refractivity contribution is 7.10. The van der Waals surface area contributed by atoms with Crippen LogP contribution in [0.4, 0.5) is 0 Å². The summed E-state index contributed by atoms with van der Waals surface area (Å²) in [4.78, 5) is 5.72. The number of methoxy groups -OCH3 is 2. The van der Waals surface area contributed by atoms with Gasteiger partial charge in [0.05, 0.1) is 19.9 Å². The predicted molar refractivity (Wildman–Crippen MR) is 81.5 cm³/mol. The van der Waals surface area contributed by atoms with Gasteiger partial charge < -0.3 is 14.8 Å². The molecule has 2 aromatic heterocycles. The number of pyridine rings is 1. The molecule has 0 spiro atoms. The lowest BCUT2D eigenvalue weighted by molar-refractivity contribution is 0.347. The van der Waals surface area contributed by atoms with E-state index in [1.165, 1.54) is 4.88 Å². The normalized spacial score (nSPS) is 12.2. The molecular formula is C15H20N2O2S. The van der Waals surface area contributed by atoms with Gasteiger partial charge in [0, 0.05) is 29.7 Å². The van der Waals surface area contributed by atoms with Crippen molar-refractivity contribution in [3.05, 3.63) is 40.3 Å². The van der Waals surface area contributed by atoms with Gasteiger partial charge in [-0.2, -0.15) is 0 Å². The standard InChI is InChI=1S/C15H20N2O2S/c1-4-11(14-6-5-9-20-14)17-10-12-15(19-3)13(18-2)7-8-16-12/h5-9,11,17H,4,10H2,1-3H3. The Kier molecular flexibility index (Phi) is 5.38. The first-order chi connectivity index (χ1) is 9.80. The monoisotopic (exact) mass is 292 g/mol. The molecule has 1 atom stereocenters. The van der Waals surface area contributed by atoms with Gasteiger partial charge in [-0.3, -0.25) is 4.98 Å². The third-order valence-electron chi connectivity index (χ3n) is 3.18. The summed E-state index contributed by atoms with van der Waals surface area (Å²) in [6, 6.07) is 6.38. The number of nitrogens with zero attached hydrogens (tertiary/aromatic N) is 1. The summed E-state index contributed by atoms with van der Waals surface area (Å²) >= 11 is 1.77. The van der Waals surface area contributed by atoms with E-state index in [9.17, 15) is 0 Å². The SMILES string of the molecule is CCC(NCc1nccc(OC)c1OC)c1cccs1. The molecule has 20 heavy (non-hydrogen) atoms. The molecule has 2 rings (SSSR count). The van der Waals surface area contributed by atoms with Crippen LogP contribution in [-0.4, -0.2) is 19.2 Å². The molecule has 2 heterocycles. The van der Waals surface area contributed by atoms with Crippen molar-refractivity contribution in [1.82, 2.24) is 10.3 Å². The summed E-state index contributed by atoms with van der Waals surface area (Å²) in [5.74, 6) is 1.41. The Morgan fingerprint density at radius 2 is 2.15 bits per heavy atom. The molecule has 4 nitrogen and oxygen atoms in total. The maximum atomic E-state index is 5.40. The maximum absolute atomic E-state index is 5.40. The molecule has 0 saturated carbocycles. The van der Waals surface area contributed by atoms with E-state index < -0.39 is 0 Å². The number of aromatic nitrogens is 1. The first kappa shape index (κ1) is 14.8. The van der Waals surface area contributed by atoms with Crippen LogP contribution in [0.15, 0.2) is 29.8 Å². The molecule has 0 aliphatic rings. The zero-order valence-corrected chi connectivity index (χ0v) is 12.9. The molecule has 108 valence electrons. The molecule has 0 aromatic carbocycles. The molecule has 0 amide bonds. The van der Waals surface area contributed by atoms with Crippen LogP contribution in [0.5, 0.6) is 11.5 Å². The second-order valence-electron chi connectivity index (χ2n) is 4.35. The predicted octanol–water partition coefficient (Wildman–Crippen LogP) is 3.40. The third-order valence-corrected chi connectivity index (χ3v) is 4.16. The fraction of sp³-hybridized carbons (Fsp3) is 0.400. The van der Waals surface area contributed by atoms with Crippen LogP contribution >= 0.6 is 11.3 Å². The molecule has 0 saturated heterocycles. The van der Waals surface area contributed by atoms with Gasteiger partial charge in [-0.1, -0.05) is 13.0 Å². The molecule has 0 radical (unpaired) electrons. The van der Waals surface area contributed by atoms with Crippen LogP contribution in [0, 0.1) is 0 Å². The van der Waals surface area contributed by atoms with E-state index >= 15 is 0 Å². The Bertz CT molecular complexity index is 529. The summed E-state index contributed by atoms with van der Waals surface area (Å²) in [6.45, 7) is 2.82. The van der Waals surface area contributed by atoms with Crippen molar-refractivity contribution in [3.63, 3.8) is 0 Å². The van der Waals surface area contributed by atoms with Crippen LogP contribution in [-0.2, 0) is 6.54 Å². The topological polar surface area (TPSA) is 43.4 Å². The number of hydrogen-bond acceptors (Lipinski definition) is 5. The number of nitrogens with one attached hydrogen (secondary N) is 1. The minimum atomic E-state index is 0.340. The lowest BCUT2D eigenvalue weighted by atomic mass is 10.2. The Morgan fingerprint density at radius 3 is 2.75 bits per heavy atom. The van der Waals surface area contributed by atoms with Gasteiger partial charge >= 0.3 is 0 Å². The van der Waals surface area contributed by atoms with E-state index in [1.54, 1.807) is 37.8 Å². The maximum Gasteiger partial charge on any atom is 0.183 e. The summed E-state index contributed by atoms with van der Waals surface area (Å²) in [5, 5.41) is 5.63. The van der Waals surface area contributed by atoms with Gasteiger partial charge in [-0.25, -0.2) is 0 Å². The average molecular weight is 292 g/mol. The number of ether oxygens (including phenoxy) is 2. The van der Waals surface area contributed by atoms with Crippen molar-refractivity contribution in [2.45, 2.75) is 25.9 Å².